The van der Waals surface area contributed by atoms with Crippen LogP contribution in [0.5, 0.6) is 0 Å². The first-order valence-corrected chi connectivity index (χ1v) is 4.04. The summed E-state index contributed by atoms with van der Waals surface area (Å²) in [6, 6.07) is 0. The zero-order valence-electron chi connectivity index (χ0n) is 8.23. The van der Waals surface area contributed by atoms with Crippen molar-refractivity contribution >= 4 is 0 Å². The van der Waals surface area contributed by atoms with Crippen molar-refractivity contribution in [3.63, 3.8) is 0 Å². The first-order chi connectivity index (χ1) is 4.81. The summed E-state index contributed by atoms with van der Waals surface area (Å²) in [5.74, 6) is 0. The van der Waals surface area contributed by atoms with Crippen molar-refractivity contribution in [3.05, 3.63) is 11.6 Å². The molecule has 0 aromatic carbocycles. The van der Waals surface area contributed by atoms with E-state index in [1.165, 1.54) is 0 Å². The fourth-order valence-electron chi connectivity index (χ4n) is 0.0913. The average molecular weight is 146 g/mol. The molecular weight excluding hydrogens is 124 g/mol. The number of hydrogen-bond donors (Lipinski definition) is 1. The van der Waals surface area contributed by atoms with E-state index in [1.807, 2.05) is 47.6 Å². The van der Waals surface area contributed by atoms with E-state index >= 15 is 0 Å². The molecule has 0 spiro atoms. The first kappa shape index (κ1) is 16.4. The molecule has 1 heteroatoms. The molecule has 0 saturated carbocycles. The van der Waals surface area contributed by atoms with Crippen LogP contribution in [-0.2, 0) is 0 Å². The molecular formula is C9H22O. The van der Waals surface area contributed by atoms with Crippen LogP contribution in [0, 0.1) is 0 Å². The van der Waals surface area contributed by atoms with E-state index < -0.39 is 0 Å². The maximum atomic E-state index is 8.27. The summed E-state index contributed by atoms with van der Waals surface area (Å²) in [4.78, 5) is 0. The van der Waals surface area contributed by atoms with Gasteiger partial charge in [-0.2, -0.15) is 0 Å². The molecule has 0 unspecified atom stereocenters. The van der Waals surface area contributed by atoms with E-state index in [4.69, 9.17) is 5.11 Å². The van der Waals surface area contributed by atoms with Crippen LogP contribution in [0.25, 0.3) is 0 Å². The second-order valence-electron chi connectivity index (χ2n) is 1.29. The van der Waals surface area contributed by atoms with E-state index in [0.717, 1.165) is 5.57 Å². The highest BCUT2D eigenvalue weighted by Gasteiger charge is 1.74. The molecule has 0 aromatic rings. The van der Waals surface area contributed by atoms with Gasteiger partial charge in [0.1, 0.15) is 0 Å². The van der Waals surface area contributed by atoms with E-state index in [-0.39, 0.29) is 6.61 Å². The van der Waals surface area contributed by atoms with Gasteiger partial charge in [-0.3, -0.25) is 0 Å². The lowest BCUT2D eigenvalue weighted by atomic mass is 10.3. The number of rotatable bonds is 1. The molecule has 0 aliphatic rings. The summed E-state index contributed by atoms with van der Waals surface area (Å²) in [6.45, 7) is 12.0. The highest BCUT2D eigenvalue weighted by Crippen LogP contribution is 1.84. The average Bonchev–Trinajstić information content (AvgIpc) is 2.10. The van der Waals surface area contributed by atoms with Gasteiger partial charge >= 0.3 is 0 Å². The molecule has 0 heterocycles. The quantitative estimate of drug-likeness (QED) is 0.564. The van der Waals surface area contributed by atoms with Gasteiger partial charge < -0.3 is 5.11 Å². The molecule has 0 rings (SSSR count). The SMILES string of the molecule is C/C=C(\C)CO.CC.CC. The number of allylic oxidation sites excluding steroid dienone is 1. The maximum Gasteiger partial charge on any atom is 0.0638 e. The van der Waals surface area contributed by atoms with Gasteiger partial charge in [-0.1, -0.05) is 39.3 Å². The van der Waals surface area contributed by atoms with Gasteiger partial charge in [-0.05, 0) is 13.8 Å². The molecule has 0 aliphatic carbocycles. The number of aliphatic hydroxyl groups excluding tert-OH is 1. The Morgan fingerprint density at radius 3 is 1.50 bits per heavy atom. The summed E-state index contributed by atoms with van der Waals surface area (Å²) in [5.41, 5.74) is 1.02. The predicted molar refractivity (Wildman–Crippen MR) is 49.2 cm³/mol. The van der Waals surface area contributed by atoms with Crippen molar-refractivity contribution in [1.82, 2.24) is 0 Å². The summed E-state index contributed by atoms with van der Waals surface area (Å²) in [7, 11) is 0. The lowest BCUT2D eigenvalue weighted by Gasteiger charge is -1.84. The van der Waals surface area contributed by atoms with E-state index in [0.29, 0.717) is 0 Å². The summed E-state index contributed by atoms with van der Waals surface area (Å²) in [5, 5.41) is 8.27. The topological polar surface area (TPSA) is 20.2 Å². The van der Waals surface area contributed by atoms with Crippen molar-refractivity contribution < 1.29 is 5.11 Å². The van der Waals surface area contributed by atoms with Crippen LogP contribution in [0.1, 0.15) is 41.5 Å². The van der Waals surface area contributed by atoms with Crippen molar-refractivity contribution in [2.24, 2.45) is 0 Å². The molecule has 0 fully saturated rings. The largest absolute Gasteiger partial charge is 0.392 e. The van der Waals surface area contributed by atoms with Gasteiger partial charge in [-0.15, -0.1) is 0 Å². The van der Waals surface area contributed by atoms with Gasteiger partial charge in [0.15, 0.2) is 0 Å². The van der Waals surface area contributed by atoms with Crippen LogP contribution < -0.4 is 0 Å². The monoisotopic (exact) mass is 146 g/mol. The Morgan fingerprint density at radius 1 is 1.20 bits per heavy atom. The molecule has 10 heavy (non-hydrogen) atoms. The van der Waals surface area contributed by atoms with E-state index in [2.05, 4.69) is 0 Å². The molecule has 0 radical (unpaired) electrons. The fraction of sp³-hybridized carbons (Fsp3) is 0.778. The lowest BCUT2D eigenvalue weighted by Crippen LogP contribution is -1.79. The molecule has 0 amide bonds. The Morgan fingerprint density at radius 2 is 1.50 bits per heavy atom. The van der Waals surface area contributed by atoms with Gasteiger partial charge in [0, 0.05) is 0 Å². The van der Waals surface area contributed by atoms with Gasteiger partial charge in [0.25, 0.3) is 0 Å². The highest BCUT2D eigenvalue weighted by atomic mass is 16.3. The second kappa shape index (κ2) is 23.4. The Hall–Kier alpha value is -0.300. The summed E-state index contributed by atoms with van der Waals surface area (Å²) < 4.78 is 0. The van der Waals surface area contributed by atoms with Crippen LogP contribution in [0.3, 0.4) is 0 Å². The Kier molecular flexibility index (Phi) is 38.2. The third-order valence-electron chi connectivity index (χ3n) is 0.742. The van der Waals surface area contributed by atoms with Gasteiger partial charge in [-0.25, -0.2) is 0 Å². The van der Waals surface area contributed by atoms with Crippen molar-refractivity contribution in [2.75, 3.05) is 6.61 Å². The standard InChI is InChI=1S/C5H10O.2C2H6/c1-3-5(2)4-6;2*1-2/h3,6H,4H2,1-2H3;2*1-2H3/b5-3+;;. The van der Waals surface area contributed by atoms with Gasteiger partial charge in [0.05, 0.1) is 6.61 Å². The minimum atomic E-state index is 0.191. The zero-order valence-corrected chi connectivity index (χ0v) is 8.23. The molecule has 64 valence electrons. The lowest BCUT2D eigenvalue weighted by molar-refractivity contribution is 0.331. The Balaban J connectivity index is -0.000000105. The van der Waals surface area contributed by atoms with Crippen LogP contribution in [-0.4, -0.2) is 11.7 Å². The third-order valence-corrected chi connectivity index (χ3v) is 0.742. The Bertz CT molecular complexity index is 55.7. The third kappa shape index (κ3) is 25.2. The molecule has 0 aromatic heterocycles. The first-order valence-electron chi connectivity index (χ1n) is 4.04. The van der Waals surface area contributed by atoms with Crippen molar-refractivity contribution in [2.45, 2.75) is 41.5 Å². The van der Waals surface area contributed by atoms with Crippen LogP contribution in [0.15, 0.2) is 11.6 Å². The number of aliphatic hydroxyl groups is 1. The molecule has 0 atom stereocenters. The normalized spacial score (nSPS) is 8.50. The van der Waals surface area contributed by atoms with Crippen molar-refractivity contribution in [3.8, 4) is 0 Å². The second-order valence-corrected chi connectivity index (χ2v) is 1.29. The van der Waals surface area contributed by atoms with Crippen LogP contribution in [0.2, 0.25) is 0 Å². The van der Waals surface area contributed by atoms with Crippen LogP contribution in [0.4, 0.5) is 0 Å². The molecule has 0 bridgehead atoms. The fourth-order valence-corrected chi connectivity index (χ4v) is 0.0913. The van der Waals surface area contributed by atoms with E-state index in [9.17, 15) is 0 Å². The van der Waals surface area contributed by atoms with Crippen LogP contribution >= 0.6 is 0 Å². The number of hydrogen-bond acceptors (Lipinski definition) is 1. The minimum absolute atomic E-state index is 0.191. The smallest absolute Gasteiger partial charge is 0.0638 e. The molecule has 1 N–H and O–H groups in total. The molecule has 1 nitrogen and oxygen atoms in total. The predicted octanol–water partition coefficient (Wildman–Crippen LogP) is 3.00. The summed E-state index contributed by atoms with van der Waals surface area (Å²) in [6.07, 6.45) is 1.89. The summed E-state index contributed by atoms with van der Waals surface area (Å²) >= 11 is 0. The van der Waals surface area contributed by atoms with E-state index in [1.54, 1.807) is 0 Å². The maximum absolute atomic E-state index is 8.27. The van der Waals surface area contributed by atoms with Crippen molar-refractivity contribution in [1.29, 1.82) is 0 Å². The molecule has 0 saturated heterocycles. The minimum Gasteiger partial charge on any atom is -0.392 e. The van der Waals surface area contributed by atoms with Gasteiger partial charge in [0.2, 0.25) is 0 Å². The highest BCUT2D eigenvalue weighted by molar-refractivity contribution is 4.94. The zero-order chi connectivity index (χ0) is 8.99. The Labute approximate surface area is 65.8 Å². The molecule has 0 aliphatic heterocycles.